The van der Waals surface area contributed by atoms with Crippen molar-refractivity contribution in [2.75, 3.05) is 0 Å². The smallest absolute Gasteiger partial charge is 0.340 e. The third-order valence-corrected chi connectivity index (χ3v) is 4.54. The van der Waals surface area contributed by atoms with Crippen LogP contribution >= 0.6 is 0 Å². The largest absolute Gasteiger partial charge is 0.390 e. The lowest BCUT2D eigenvalue weighted by atomic mass is 10.0. The molecule has 0 amide bonds. The highest BCUT2D eigenvalue weighted by Crippen LogP contribution is 2.13. The lowest BCUT2D eigenvalue weighted by molar-refractivity contribution is -0.156. The molecule has 0 bridgehead atoms. The number of esters is 2. The molecule has 0 saturated carbocycles. The molecule has 0 N–H and O–H groups in total. The van der Waals surface area contributed by atoms with Gasteiger partial charge in [-0.1, -0.05) is 103 Å². The van der Waals surface area contributed by atoms with Crippen LogP contribution in [0.2, 0.25) is 0 Å². The van der Waals surface area contributed by atoms with Crippen LogP contribution in [0, 0.1) is 0 Å². The molecular weight excluding hydrogens is 312 g/mol. The van der Waals surface area contributed by atoms with Gasteiger partial charge in [0.15, 0.2) is 0 Å². The summed E-state index contributed by atoms with van der Waals surface area (Å²) in [7, 11) is 0. The summed E-state index contributed by atoms with van der Waals surface area (Å²) < 4.78 is 4.65. The fourth-order valence-corrected chi connectivity index (χ4v) is 2.88. The maximum absolute atomic E-state index is 11.4. The minimum Gasteiger partial charge on any atom is -0.390 e. The first kappa shape index (κ1) is 23.9. The van der Waals surface area contributed by atoms with Crippen molar-refractivity contribution in [3.8, 4) is 0 Å². The fourth-order valence-electron chi connectivity index (χ4n) is 2.88. The van der Waals surface area contributed by atoms with Gasteiger partial charge in [0.05, 0.1) is 0 Å². The molecule has 0 rings (SSSR count). The molecule has 0 fully saturated rings. The van der Waals surface area contributed by atoms with E-state index in [1.54, 1.807) is 6.92 Å². The maximum atomic E-state index is 11.4. The maximum Gasteiger partial charge on any atom is 0.340 e. The van der Waals surface area contributed by atoms with E-state index in [1.807, 2.05) is 0 Å². The van der Waals surface area contributed by atoms with Gasteiger partial charge >= 0.3 is 11.9 Å². The van der Waals surface area contributed by atoms with E-state index in [2.05, 4.69) is 18.2 Å². The summed E-state index contributed by atoms with van der Waals surface area (Å²) in [5, 5.41) is 0. The Morgan fingerprint density at radius 3 is 1.40 bits per heavy atom. The molecule has 25 heavy (non-hydrogen) atoms. The molecule has 0 radical (unpaired) electrons. The zero-order valence-corrected chi connectivity index (χ0v) is 16.7. The molecule has 0 spiro atoms. The second-order valence-corrected chi connectivity index (χ2v) is 7.24. The molecule has 0 atom stereocenters. The van der Waals surface area contributed by atoms with E-state index in [0.717, 1.165) is 12.8 Å². The molecule has 0 aromatic rings. The van der Waals surface area contributed by atoms with Crippen LogP contribution in [0.3, 0.4) is 0 Å². The summed E-state index contributed by atoms with van der Waals surface area (Å²) in [5.74, 6) is -1.03. The minimum absolute atomic E-state index is 0.268. The summed E-state index contributed by atoms with van der Waals surface area (Å²) >= 11 is 0. The van der Waals surface area contributed by atoms with Gasteiger partial charge in [-0.05, 0) is 13.3 Å². The van der Waals surface area contributed by atoms with Crippen molar-refractivity contribution in [3.05, 3.63) is 12.2 Å². The number of rotatable bonds is 17. The van der Waals surface area contributed by atoms with Gasteiger partial charge in [-0.15, -0.1) is 0 Å². The van der Waals surface area contributed by atoms with Gasteiger partial charge < -0.3 is 4.74 Å². The Morgan fingerprint density at radius 1 is 0.680 bits per heavy atom. The van der Waals surface area contributed by atoms with Crippen molar-refractivity contribution in [3.63, 3.8) is 0 Å². The third-order valence-electron chi connectivity index (χ3n) is 4.54. The molecule has 3 nitrogen and oxygen atoms in total. The second kappa shape index (κ2) is 17.7. The Kier molecular flexibility index (Phi) is 16.9. The van der Waals surface area contributed by atoms with Crippen LogP contribution in [0.5, 0.6) is 0 Å². The molecular formula is C22H40O3. The SMILES string of the molecule is C=C(C)C(=O)OC(=O)CCCCCCCCCCCCCCCCC. The van der Waals surface area contributed by atoms with E-state index < -0.39 is 11.9 Å². The molecule has 0 aliphatic carbocycles. The van der Waals surface area contributed by atoms with Crippen molar-refractivity contribution in [2.24, 2.45) is 0 Å². The quantitative estimate of drug-likeness (QED) is 0.124. The van der Waals surface area contributed by atoms with Crippen LogP contribution in [-0.2, 0) is 14.3 Å². The lowest BCUT2D eigenvalue weighted by Crippen LogP contribution is -2.12. The van der Waals surface area contributed by atoms with E-state index in [0.29, 0.717) is 6.42 Å². The number of carbonyl (C=O) groups is 2. The molecule has 0 saturated heterocycles. The fraction of sp³-hybridized carbons (Fsp3) is 0.818. The van der Waals surface area contributed by atoms with Crippen molar-refractivity contribution in [1.29, 1.82) is 0 Å². The van der Waals surface area contributed by atoms with E-state index in [4.69, 9.17) is 0 Å². The summed E-state index contributed by atoms with van der Waals surface area (Å²) in [6.45, 7) is 7.27. The average molecular weight is 353 g/mol. The highest BCUT2D eigenvalue weighted by atomic mass is 16.6. The lowest BCUT2D eigenvalue weighted by Gasteiger charge is -2.04. The highest BCUT2D eigenvalue weighted by molar-refractivity contribution is 5.95. The standard InChI is InChI=1S/C22H40O3/c1-4-5-6-7-8-9-10-11-12-13-14-15-16-17-18-19-21(23)25-22(24)20(2)3/h2,4-19H2,1,3H3. The van der Waals surface area contributed by atoms with Crippen molar-refractivity contribution < 1.29 is 14.3 Å². The van der Waals surface area contributed by atoms with Gasteiger partial charge in [-0.2, -0.15) is 0 Å². The first-order chi connectivity index (χ1) is 12.1. The summed E-state index contributed by atoms with van der Waals surface area (Å²) in [6.07, 6.45) is 19.8. The number of carbonyl (C=O) groups excluding carboxylic acids is 2. The van der Waals surface area contributed by atoms with Crippen molar-refractivity contribution in [2.45, 2.75) is 117 Å². The number of hydrogen-bond acceptors (Lipinski definition) is 3. The summed E-state index contributed by atoms with van der Waals surface area (Å²) in [6, 6.07) is 0. The van der Waals surface area contributed by atoms with Gasteiger partial charge in [0, 0.05) is 12.0 Å². The predicted molar refractivity (Wildman–Crippen MR) is 105 cm³/mol. The first-order valence-corrected chi connectivity index (χ1v) is 10.5. The Bertz CT molecular complexity index is 360. The molecule has 3 heteroatoms. The Hall–Kier alpha value is -1.12. The van der Waals surface area contributed by atoms with Gasteiger partial charge in [0.25, 0.3) is 0 Å². The van der Waals surface area contributed by atoms with E-state index in [9.17, 15) is 9.59 Å². The van der Waals surface area contributed by atoms with Gasteiger partial charge in [0.1, 0.15) is 0 Å². The number of ether oxygens (including phenoxy) is 1. The zero-order valence-electron chi connectivity index (χ0n) is 16.7. The Labute approximate surface area is 155 Å². The number of unbranched alkanes of at least 4 members (excludes halogenated alkanes) is 14. The van der Waals surface area contributed by atoms with Gasteiger partial charge in [-0.3, -0.25) is 4.79 Å². The Balaban J connectivity index is 3.20. The number of hydrogen-bond donors (Lipinski definition) is 0. The van der Waals surface area contributed by atoms with Crippen LogP contribution < -0.4 is 0 Å². The summed E-state index contributed by atoms with van der Waals surface area (Å²) in [4.78, 5) is 22.6. The summed E-state index contributed by atoms with van der Waals surface area (Å²) in [5.41, 5.74) is 0.268. The molecule has 0 aliphatic heterocycles. The van der Waals surface area contributed by atoms with Crippen LogP contribution in [-0.4, -0.2) is 11.9 Å². The average Bonchev–Trinajstić information content (AvgIpc) is 2.58. The topological polar surface area (TPSA) is 43.4 Å². The third kappa shape index (κ3) is 17.5. The first-order valence-electron chi connectivity index (χ1n) is 10.5. The van der Waals surface area contributed by atoms with Gasteiger partial charge in [-0.25, -0.2) is 4.79 Å². The Morgan fingerprint density at radius 2 is 1.04 bits per heavy atom. The van der Waals surface area contributed by atoms with Gasteiger partial charge in [0.2, 0.25) is 0 Å². The van der Waals surface area contributed by atoms with E-state index >= 15 is 0 Å². The van der Waals surface area contributed by atoms with E-state index in [1.165, 1.54) is 83.5 Å². The molecule has 0 heterocycles. The monoisotopic (exact) mass is 352 g/mol. The van der Waals surface area contributed by atoms with Crippen LogP contribution in [0.4, 0.5) is 0 Å². The highest BCUT2D eigenvalue weighted by Gasteiger charge is 2.10. The molecule has 0 aliphatic rings. The molecule has 0 unspecified atom stereocenters. The van der Waals surface area contributed by atoms with Crippen molar-refractivity contribution >= 4 is 11.9 Å². The van der Waals surface area contributed by atoms with Crippen LogP contribution in [0.25, 0.3) is 0 Å². The van der Waals surface area contributed by atoms with E-state index in [-0.39, 0.29) is 5.57 Å². The van der Waals surface area contributed by atoms with Crippen LogP contribution in [0.15, 0.2) is 12.2 Å². The minimum atomic E-state index is -0.606. The van der Waals surface area contributed by atoms with Crippen LogP contribution in [0.1, 0.15) is 117 Å². The second-order valence-electron chi connectivity index (χ2n) is 7.24. The predicted octanol–water partition coefficient (Wildman–Crippen LogP) is 6.89. The molecule has 0 aromatic carbocycles. The molecule has 0 aromatic heterocycles. The normalized spacial score (nSPS) is 10.6. The zero-order chi connectivity index (χ0) is 18.8. The molecule has 146 valence electrons. The van der Waals surface area contributed by atoms with Crippen molar-refractivity contribution in [1.82, 2.24) is 0 Å².